The Morgan fingerprint density at radius 1 is 1.40 bits per heavy atom. The first-order valence-corrected chi connectivity index (χ1v) is 5.40. The maximum absolute atomic E-state index is 13.8. The van der Waals surface area contributed by atoms with Crippen LogP contribution in [0.15, 0.2) is 6.07 Å². The summed E-state index contributed by atoms with van der Waals surface area (Å²) in [6.07, 6.45) is 0.909. The van der Waals surface area contributed by atoms with Crippen molar-refractivity contribution in [3.05, 3.63) is 34.1 Å². The van der Waals surface area contributed by atoms with Crippen LogP contribution < -0.4 is 5.73 Å². The number of halogens is 1. The molecule has 2 heteroatoms. The van der Waals surface area contributed by atoms with Crippen molar-refractivity contribution in [1.29, 1.82) is 0 Å². The molecule has 1 aliphatic rings. The SMILES string of the molecule is Cc1cc2c(c(C)c1F)C(N)CC2(C)C. The van der Waals surface area contributed by atoms with Crippen LogP contribution in [-0.4, -0.2) is 0 Å². The van der Waals surface area contributed by atoms with E-state index in [2.05, 4.69) is 13.8 Å². The third kappa shape index (κ3) is 1.39. The van der Waals surface area contributed by atoms with Gasteiger partial charge in [0.1, 0.15) is 5.82 Å². The normalized spacial score (nSPS) is 22.9. The molecule has 2 N–H and O–H groups in total. The maximum Gasteiger partial charge on any atom is 0.129 e. The van der Waals surface area contributed by atoms with E-state index in [9.17, 15) is 4.39 Å². The van der Waals surface area contributed by atoms with Crippen LogP contribution in [0.4, 0.5) is 4.39 Å². The van der Waals surface area contributed by atoms with Crippen LogP contribution in [0.25, 0.3) is 0 Å². The van der Waals surface area contributed by atoms with E-state index in [-0.39, 0.29) is 17.3 Å². The summed E-state index contributed by atoms with van der Waals surface area (Å²) in [7, 11) is 0. The molecule has 0 radical (unpaired) electrons. The largest absolute Gasteiger partial charge is 0.324 e. The highest BCUT2D eigenvalue weighted by molar-refractivity contribution is 5.48. The summed E-state index contributed by atoms with van der Waals surface area (Å²) in [5.74, 6) is -0.0955. The van der Waals surface area contributed by atoms with Gasteiger partial charge in [0.05, 0.1) is 0 Å². The molecular weight excluding hydrogens is 189 g/mol. The van der Waals surface area contributed by atoms with E-state index < -0.39 is 0 Å². The number of rotatable bonds is 0. The molecular formula is C13H18FN. The second-order valence-electron chi connectivity index (χ2n) is 5.29. The van der Waals surface area contributed by atoms with Crippen molar-refractivity contribution >= 4 is 0 Å². The van der Waals surface area contributed by atoms with Crippen molar-refractivity contribution in [1.82, 2.24) is 0 Å². The zero-order chi connectivity index (χ0) is 11.4. The van der Waals surface area contributed by atoms with Gasteiger partial charge < -0.3 is 5.73 Å². The average Bonchev–Trinajstić information content (AvgIpc) is 2.33. The van der Waals surface area contributed by atoms with E-state index in [0.29, 0.717) is 0 Å². The van der Waals surface area contributed by atoms with E-state index >= 15 is 0 Å². The molecule has 82 valence electrons. The van der Waals surface area contributed by atoms with Crippen molar-refractivity contribution in [2.45, 2.75) is 45.6 Å². The Labute approximate surface area is 90.5 Å². The molecule has 1 unspecified atom stereocenters. The fourth-order valence-corrected chi connectivity index (χ4v) is 2.77. The summed E-state index contributed by atoms with van der Waals surface area (Å²) in [5.41, 5.74) is 9.88. The van der Waals surface area contributed by atoms with Gasteiger partial charge >= 0.3 is 0 Å². The summed E-state index contributed by atoms with van der Waals surface area (Å²) in [5, 5.41) is 0. The minimum atomic E-state index is -0.0955. The topological polar surface area (TPSA) is 26.0 Å². The van der Waals surface area contributed by atoms with E-state index in [1.54, 1.807) is 0 Å². The van der Waals surface area contributed by atoms with Gasteiger partial charge in [-0.1, -0.05) is 19.9 Å². The van der Waals surface area contributed by atoms with E-state index in [1.807, 2.05) is 19.9 Å². The molecule has 0 aromatic heterocycles. The lowest BCUT2D eigenvalue weighted by molar-refractivity contribution is 0.481. The molecule has 1 aliphatic carbocycles. The molecule has 0 amide bonds. The molecule has 1 aromatic rings. The first-order chi connectivity index (χ1) is 6.84. The number of fused-ring (bicyclic) bond motifs is 1. The van der Waals surface area contributed by atoms with Crippen LogP contribution in [-0.2, 0) is 5.41 Å². The van der Waals surface area contributed by atoms with Crippen molar-refractivity contribution in [3.63, 3.8) is 0 Å². The molecule has 1 nitrogen and oxygen atoms in total. The van der Waals surface area contributed by atoms with E-state index in [0.717, 1.165) is 23.1 Å². The molecule has 0 saturated heterocycles. The number of benzene rings is 1. The smallest absolute Gasteiger partial charge is 0.129 e. The van der Waals surface area contributed by atoms with Gasteiger partial charge in [0, 0.05) is 6.04 Å². The molecule has 2 rings (SSSR count). The zero-order valence-electron chi connectivity index (χ0n) is 9.82. The highest BCUT2D eigenvalue weighted by Gasteiger charge is 2.37. The average molecular weight is 207 g/mol. The van der Waals surface area contributed by atoms with Crippen molar-refractivity contribution in [2.24, 2.45) is 5.73 Å². The Morgan fingerprint density at radius 3 is 2.60 bits per heavy atom. The molecule has 0 fully saturated rings. The summed E-state index contributed by atoms with van der Waals surface area (Å²) in [6, 6.07) is 1.95. The molecule has 0 saturated carbocycles. The number of nitrogens with two attached hydrogens (primary N) is 1. The Morgan fingerprint density at radius 2 is 2.00 bits per heavy atom. The molecule has 0 aliphatic heterocycles. The minimum Gasteiger partial charge on any atom is -0.324 e. The van der Waals surface area contributed by atoms with Crippen LogP contribution in [0.2, 0.25) is 0 Å². The Hall–Kier alpha value is -0.890. The third-order valence-corrected chi connectivity index (χ3v) is 3.56. The van der Waals surface area contributed by atoms with Gasteiger partial charge in [0.25, 0.3) is 0 Å². The van der Waals surface area contributed by atoms with E-state index in [1.165, 1.54) is 5.56 Å². The zero-order valence-corrected chi connectivity index (χ0v) is 9.82. The summed E-state index contributed by atoms with van der Waals surface area (Å²) < 4.78 is 13.8. The van der Waals surface area contributed by atoms with Crippen molar-refractivity contribution < 1.29 is 4.39 Å². The van der Waals surface area contributed by atoms with Gasteiger partial charge in [-0.25, -0.2) is 4.39 Å². The number of hydrogen-bond donors (Lipinski definition) is 1. The highest BCUT2D eigenvalue weighted by Crippen LogP contribution is 2.45. The van der Waals surface area contributed by atoms with Crippen LogP contribution in [0.3, 0.4) is 0 Å². The van der Waals surface area contributed by atoms with Gasteiger partial charge in [-0.05, 0) is 47.9 Å². The van der Waals surface area contributed by atoms with Crippen molar-refractivity contribution in [2.75, 3.05) is 0 Å². The second-order valence-corrected chi connectivity index (χ2v) is 5.29. The predicted molar refractivity (Wildman–Crippen MR) is 60.4 cm³/mol. The van der Waals surface area contributed by atoms with Crippen LogP contribution >= 0.6 is 0 Å². The molecule has 0 bridgehead atoms. The Bertz CT molecular complexity index is 421. The highest BCUT2D eigenvalue weighted by atomic mass is 19.1. The van der Waals surface area contributed by atoms with Crippen molar-refractivity contribution in [3.8, 4) is 0 Å². The minimum absolute atomic E-state index is 0.00917. The fourth-order valence-electron chi connectivity index (χ4n) is 2.77. The lowest BCUT2D eigenvalue weighted by Gasteiger charge is -2.20. The fraction of sp³-hybridized carbons (Fsp3) is 0.538. The number of aryl methyl sites for hydroxylation is 1. The van der Waals surface area contributed by atoms with Gasteiger partial charge in [0.15, 0.2) is 0 Å². The molecule has 0 heterocycles. The monoisotopic (exact) mass is 207 g/mol. The second kappa shape index (κ2) is 3.05. The lowest BCUT2D eigenvalue weighted by Crippen LogP contribution is -2.14. The molecule has 1 aromatic carbocycles. The summed E-state index contributed by atoms with van der Waals surface area (Å²) >= 11 is 0. The van der Waals surface area contributed by atoms with Gasteiger partial charge in [0.2, 0.25) is 0 Å². The summed E-state index contributed by atoms with van der Waals surface area (Å²) in [6.45, 7) is 8.01. The quantitative estimate of drug-likeness (QED) is 0.695. The molecule has 1 atom stereocenters. The predicted octanol–water partition coefficient (Wildman–Crippen LogP) is 3.12. The standard InChI is InChI=1S/C13H18FN/c1-7-5-9-11(8(2)12(7)14)10(15)6-13(9,3)4/h5,10H,6,15H2,1-4H3. The van der Waals surface area contributed by atoms with Crippen LogP contribution in [0.1, 0.15) is 48.6 Å². The Kier molecular flexibility index (Phi) is 2.16. The first kappa shape index (κ1) is 10.6. The van der Waals surface area contributed by atoms with Gasteiger partial charge in [-0.2, -0.15) is 0 Å². The molecule has 15 heavy (non-hydrogen) atoms. The van der Waals surface area contributed by atoms with Gasteiger partial charge in [-0.15, -0.1) is 0 Å². The van der Waals surface area contributed by atoms with Crippen LogP contribution in [0, 0.1) is 19.7 Å². The lowest BCUT2D eigenvalue weighted by atomic mass is 9.85. The molecule has 0 spiro atoms. The van der Waals surface area contributed by atoms with Gasteiger partial charge in [-0.3, -0.25) is 0 Å². The summed E-state index contributed by atoms with van der Waals surface area (Å²) in [4.78, 5) is 0. The Balaban J connectivity index is 2.75. The van der Waals surface area contributed by atoms with E-state index in [4.69, 9.17) is 5.73 Å². The number of hydrogen-bond acceptors (Lipinski definition) is 1. The first-order valence-electron chi connectivity index (χ1n) is 5.40. The maximum atomic E-state index is 13.8. The third-order valence-electron chi connectivity index (χ3n) is 3.56. The van der Waals surface area contributed by atoms with Crippen LogP contribution in [0.5, 0.6) is 0 Å².